The summed E-state index contributed by atoms with van der Waals surface area (Å²) in [6.45, 7) is 4.91. The van der Waals surface area contributed by atoms with Gasteiger partial charge in [0.1, 0.15) is 5.82 Å². The second-order valence-corrected chi connectivity index (χ2v) is 7.34. The average molecular weight is 342 g/mol. The number of hydrogen-bond acceptors (Lipinski definition) is 4. The van der Waals surface area contributed by atoms with Crippen LogP contribution in [0.5, 0.6) is 0 Å². The van der Waals surface area contributed by atoms with Gasteiger partial charge in [-0.2, -0.15) is 0 Å². The normalized spacial score (nSPS) is 14.2. The molecule has 2 N–H and O–H groups in total. The molecule has 0 aliphatic carbocycles. The molecule has 25 heavy (non-hydrogen) atoms. The van der Waals surface area contributed by atoms with Gasteiger partial charge >= 0.3 is 0 Å². The van der Waals surface area contributed by atoms with Crippen LogP contribution in [0.15, 0.2) is 24.3 Å². The third-order valence-electron chi connectivity index (χ3n) is 4.56. The number of amides is 1. The van der Waals surface area contributed by atoms with Crippen molar-refractivity contribution in [2.75, 3.05) is 0 Å². The van der Waals surface area contributed by atoms with Crippen LogP contribution in [0, 0.1) is 0 Å². The van der Waals surface area contributed by atoms with Crippen molar-refractivity contribution >= 4 is 5.91 Å². The van der Waals surface area contributed by atoms with E-state index >= 15 is 0 Å². The molecule has 6 nitrogen and oxygen atoms in total. The van der Waals surface area contributed by atoms with Crippen molar-refractivity contribution in [1.82, 2.24) is 20.1 Å². The lowest BCUT2D eigenvalue weighted by Crippen LogP contribution is -2.26. The quantitative estimate of drug-likeness (QED) is 0.844. The third-order valence-corrected chi connectivity index (χ3v) is 4.56. The van der Waals surface area contributed by atoms with Gasteiger partial charge in [0.15, 0.2) is 5.82 Å². The molecule has 1 aromatic heterocycles. The van der Waals surface area contributed by atoms with Gasteiger partial charge in [-0.3, -0.25) is 4.79 Å². The van der Waals surface area contributed by atoms with Gasteiger partial charge in [-0.25, -0.2) is 0 Å². The number of hydrogen-bond donors (Lipinski definition) is 2. The van der Waals surface area contributed by atoms with Crippen LogP contribution in [0.4, 0.5) is 0 Å². The Kier molecular flexibility index (Phi) is 5.18. The van der Waals surface area contributed by atoms with Crippen molar-refractivity contribution in [2.24, 2.45) is 0 Å². The number of benzene rings is 1. The van der Waals surface area contributed by atoms with Gasteiger partial charge in [0.05, 0.1) is 12.1 Å². The molecule has 0 saturated heterocycles. The average Bonchev–Trinajstić information content (AvgIpc) is 3.01. The summed E-state index contributed by atoms with van der Waals surface area (Å²) in [4.78, 5) is 12.4. The van der Waals surface area contributed by atoms with Crippen LogP contribution < -0.4 is 5.32 Å². The van der Waals surface area contributed by atoms with Crippen molar-refractivity contribution in [3.8, 4) is 0 Å². The molecule has 0 saturated carbocycles. The minimum atomic E-state index is -0.703. The maximum atomic E-state index is 12.4. The molecule has 2 heterocycles. The molecule has 6 heteroatoms. The maximum Gasteiger partial charge on any atom is 0.251 e. The molecule has 2 aromatic rings. The fraction of sp³-hybridized carbons (Fsp3) is 0.526. The zero-order valence-electron chi connectivity index (χ0n) is 15.0. The highest BCUT2D eigenvalue weighted by atomic mass is 16.3. The predicted octanol–water partition coefficient (Wildman–Crippen LogP) is 2.25. The summed E-state index contributed by atoms with van der Waals surface area (Å²) >= 11 is 0. The van der Waals surface area contributed by atoms with Crippen molar-refractivity contribution in [3.63, 3.8) is 0 Å². The molecule has 0 atom stereocenters. The van der Waals surface area contributed by atoms with E-state index in [2.05, 4.69) is 20.1 Å². The standard InChI is InChI=1S/C19H26N4O2/c1-19(2,25)10-9-14-6-5-7-15(12-14)18(24)20-13-17-22-21-16-8-3-4-11-23(16)17/h5-7,12,25H,3-4,8-11,13H2,1-2H3,(H,20,24). The largest absolute Gasteiger partial charge is 0.390 e. The number of nitrogens with zero attached hydrogens (tertiary/aromatic N) is 3. The molecule has 0 spiro atoms. The molecule has 0 radical (unpaired) electrons. The van der Waals surface area contributed by atoms with Crippen molar-refractivity contribution in [1.29, 1.82) is 0 Å². The molecular formula is C19H26N4O2. The topological polar surface area (TPSA) is 80.0 Å². The van der Waals surface area contributed by atoms with Crippen molar-refractivity contribution in [2.45, 2.75) is 64.6 Å². The van der Waals surface area contributed by atoms with Gasteiger partial charge in [-0.15, -0.1) is 10.2 Å². The SMILES string of the molecule is CC(C)(O)CCc1cccc(C(=O)NCc2nnc3n2CCCC3)c1. The van der Waals surface area contributed by atoms with Crippen LogP contribution in [0.25, 0.3) is 0 Å². The van der Waals surface area contributed by atoms with E-state index < -0.39 is 5.60 Å². The van der Waals surface area contributed by atoms with Crippen molar-refractivity contribution < 1.29 is 9.90 Å². The third kappa shape index (κ3) is 4.66. The number of aliphatic hydroxyl groups is 1. The van der Waals surface area contributed by atoms with Gasteiger partial charge in [0.25, 0.3) is 5.91 Å². The fourth-order valence-corrected chi connectivity index (χ4v) is 3.08. The Hall–Kier alpha value is -2.21. The second kappa shape index (κ2) is 7.35. The Morgan fingerprint density at radius 3 is 2.96 bits per heavy atom. The molecule has 0 unspecified atom stereocenters. The summed E-state index contributed by atoms with van der Waals surface area (Å²) in [5.41, 5.74) is 0.978. The summed E-state index contributed by atoms with van der Waals surface area (Å²) in [6, 6.07) is 7.56. The molecule has 1 aliphatic heterocycles. The molecule has 134 valence electrons. The highest BCUT2D eigenvalue weighted by Gasteiger charge is 2.17. The van der Waals surface area contributed by atoms with E-state index in [0.717, 1.165) is 49.4 Å². The summed E-state index contributed by atoms with van der Waals surface area (Å²) < 4.78 is 2.11. The minimum absolute atomic E-state index is 0.113. The van der Waals surface area contributed by atoms with Crippen LogP contribution in [0.1, 0.15) is 60.7 Å². The van der Waals surface area contributed by atoms with Crippen LogP contribution in [-0.2, 0) is 25.9 Å². The molecule has 1 aromatic carbocycles. The monoisotopic (exact) mass is 342 g/mol. The second-order valence-electron chi connectivity index (χ2n) is 7.34. The van der Waals surface area contributed by atoms with E-state index in [1.54, 1.807) is 13.8 Å². The van der Waals surface area contributed by atoms with E-state index in [9.17, 15) is 9.90 Å². The van der Waals surface area contributed by atoms with Gasteiger partial charge < -0.3 is 15.0 Å². The molecule has 1 aliphatic rings. The van der Waals surface area contributed by atoms with E-state index in [0.29, 0.717) is 18.5 Å². The van der Waals surface area contributed by atoms with Crippen LogP contribution >= 0.6 is 0 Å². The Labute approximate surface area is 148 Å². The zero-order chi connectivity index (χ0) is 17.9. The maximum absolute atomic E-state index is 12.4. The van der Waals surface area contributed by atoms with Gasteiger partial charge in [-0.05, 0) is 57.2 Å². The number of nitrogens with one attached hydrogen (secondary N) is 1. The first-order valence-electron chi connectivity index (χ1n) is 8.93. The van der Waals surface area contributed by atoms with Crippen LogP contribution in [0.3, 0.4) is 0 Å². The Balaban J connectivity index is 1.61. The minimum Gasteiger partial charge on any atom is -0.390 e. The van der Waals surface area contributed by atoms with Gasteiger partial charge in [0.2, 0.25) is 0 Å². The first kappa shape index (κ1) is 17.6. The Bertz CT molecular complexity index is 746. The smallest absolute Gasteiger partial charge is 0.251 e. The Morgan fingerprint density at radius 2 is 2.16 bits per heavy atom. The van der Waals surface area contributed by atoms with Gasteiger partial charge in [-0.1, -0.05) is 12.1 Å². The molecule has 0 bridgehead atoms. The van der Waals surface area contributed by atoms with E-state index in [4.69, 9.17) is 0 Å². The van der Waals surface area contributed by atoms with E-state index in [-0.39, 0.29) is 5.91 Å². The van der Waals surface area contributed by atoms with E-state index in [1.165, 1.54) is 0 Å². The first-order chi connectivity index (χ1) is 11.9. The number of aryl methyl sites for hydroxylation is 2. The van der Waals surface area contributed by atoms with Crippen LogP contribution in [-0.4, -0.2) is 31.4 Å². The number of fused-ring (bicyclic) bond motifs is 1. The summed E-state index contributed by atoms with van der Waals surface area (Å²) in [5, 5.41) is 21.2. The number of carbonyl (C=O) groups is 1. The molecule has 0 fully saturated rings. The summed E-state index contributed by atoms with van der Waals surface area (Å²) in [6.07, 6.45) is 4.65. The molecule has 3 rings (SSSR count). The van der Waals surface area contributed by atoms with Crippen LogP contribution in [0.2, 0.25) is 0 Å². The highest BCUT2D eigenvalue weighted by molar-refractivity contribution is 5.94. The lowest BCUT2D eigenvalue weighted by Gasteiger charge is -2.17. The lowest BCUT2D eigenvalue weighted by atomic mass is 9.98. The number of rotatable bonds is 6. The summed E-state index contributed by atoms with van der Waals surface area (Å²) in [7, 11) is 0. The lowest BCUT2D eigenvalue weighted by molar-refractivity contribution is 0.0714. The fourth-order valence-electron chi connectivity index (χ4n) is 3.08. The highest BCUT2D eigenvalue weighted by Crippen LogP contribution is 2.16. The van der Waals surface area contributed by atoms with Crippen molar-refractivity contribution in [3.05, 3.63) is 47.0 Å². The number of aromatic nitrogens is 3. The molecule has 1 amide bonds. The van der Waals surface area contributed by atoms with E-state index in [1.807, 2.05) is 24.3 Å². The van der Waals surface area contributed by atoms with Gasteiger partial charge in [0, 0.05) is 18.5 Å². The summed E-state index contributed by atoms with van der Waals surface area (Å²) in [5.74, 6) is 1.73. The predicted molar refractivity (Wildman–Crippen MR) is 95.2 cm³/mol. The number of carbonyl (C=O) groups excluding carboxylic acids is 1. The zero-order valence-corrected chi connectivity index (χ0v) is 15.0. The first-order valence-corrected chi connectivity index (χ1v) is 8.93. The Morgan fingerprint density at radius 1 is 1.32 bits per heavy atom. The molecular weight excluding hydrogens is 316 g/mol.